The summed E-state index contributed by atoms with van der Waals surface area (Å²) >= 11 is 0. The number of rotatable bonds is 3. The van der Waals surface area contributed by atoms with E-state index in [1.165, 1.54) is 12.1 Å². The van der Waals surface area contributed by atoms with Crippen molar-refractivity contribution in [2.24, 2.45) is 0 Å². The van der Waals surface area contributed by atoms with E-state index in [1.54, 1.807) is 5.01 Å². The number of aromatic nitrogens is 3. The second-order valence-corrected chi connectivity index (χ2v) is 8.97. The zero-order chi connectivity index (χ0) is 22.5. The van der Waals surface area contributed by atoms with Gasteiger partial charge in [0, 0.05) is 30.9 Å². The number of hydrogen-bond donors (Lipinski definition) is 1. The molecule has 0 saturated heterocycles. The van der Waals surface area contributed by atoms with Crippen molar-refractivity contribution in [2.45, 2.75) is 32.7 Å². The molecule has 0 atom stereocenters. The number of nitrogens with one attached hydrogen (secondary N) is 1. The lowest BCUT2D eigenvalue weighted by Crippen LogP contribution is -2.30. The van der Waals surface area contributed by atoms with E-state index in [0.29, 0.717) is 12.4 Å². The summed E-state index contributed by atoms with van der Waals surface area (Å²) in [4.78, 5) is 20.3. The number of aryl methyl sites for hydroxylation is 2. The van der Waals surface area contributed by atoms with Gasteiger partial charge in [0.25, 0.3) is 5.91 Å². The van der Waals surface area contributed by atoms with Gasteiger partial charge in [-0.1, -0.05) is 18.2 Å². The Morgan fingerprint density at radius 1 is 1.00 bits per heavy atom. The van der Waals surface area contributed by atoms with Crippen molar-refractivity contribution in [2.75, 3.05) is 23.9 Å². The van der Waals surface area contributed by atoms with Gasteiger partial charge in [0.05, 0.1) is 29.6 Å². The van der Waals surface area contributed by atoms with Crippen molar-refractivity contribution in [1.82, 2.24) is 19.6 Å². The monoisotopic (exact) mass is 474 g/mol. The molecule has 34 heavy (non-hydrogen) atoms. The second-order valence-electron chi connectivity index (χ2n) is 8.97. The van der Waals surface area contributed by atoms with E-state index in [2.05, 4.69) is 53.7 Å². The van der Waals surface area contributed by atoms with E-state index in [-0.39, 0.29) is 18.3 Å². The van der Waals surface area contributed by atoms with Crippen molar-refractivity contribution in [1.29, 1.82) is 0 Å². The van der Waals surface area contributed by atoms with Gasteiger partial charge in [-0.2, -0.15) is 5.10 Å². The molecule has 5 heterocycles. The topological polar surface area (TPSA) is 65.8 Å². The fourth-order valence-electron chi connectivity index (χ4n) is 4.96. The lowest BCUT2D eigenvalue weighted by molar-refractivity contribution is 0.0814. The van der Waals surface area contributed by atoms with E-state index in [9.17, 15) is 4.79 Å². The average Bonchev–Trinajstić information content (AvgIpc) is 3.31. The van der Waals surface area contributed by atoms with Crippen molar-refractivity contribution < 1.29 is 4.79 Å². The molecule has 1 amide bonds. The van der Waals surface area contributed by atoms with E-state index >= 15 is 0 Å². The molecule has 0 radical (unpaired) electrons. The first-order valence-corrected chi connectivity index (χ1v) is 11.4. The SMILES string of the molecule is Cc1ccc2c(-c3cccc4c3CN(Nc3ccc5c(n3)CCCCN5C)C4=O)cnn2c1.Cl. The highest BCUT2D eigenvalue weighted by molar-refractivity contribution is 6.02. The van der Waals surface area contributed by atoms with E-state index < -0.39 is 0 Å². The number of nitrogens with zero attached hydrogens (tertiary/aromatic N) is 5. The van der Waals surface area contributed by atoms with Crippen LogP contribution in [-0.2, 0) is 13.0 Å². The maximum absolute atomic E-state index is 13.2. The van der Waals surface area contributed by atoms with Crippen molar-refractivity contribution >= 4 is 35.3 Å². The fraction of sp³-hybridized carbons (Fsp3) is 0.269. The summed E-state index contributed by atoms with van der Waals surface area (Å²) < 4.78 is 1.90. The van der Waals surface area contributed by atoms with Crippen LogP contribution in [0, 0.1) is 6.92 Å². The average molecular weight is 475 g/mol. The first-order valence-electron chi connectivity index (χ1n) is 11.4. The quantitative estimate of drug-likeness (QED) is 0.458. The number of pyridine rings is 2. The smallest absolute Gasteiger partial charge is 0.272 e. The minimum Gasteiger partial charge on any atom is -0.373 e. The van der Waals surface area contributed by atoms with Crippen LogP contribution < -0.4 is 10.3 Å². The molecule has 3 aromatic heterocycles. The van der Waals surface area contributed by atoms with Crippen LogP contribution >= 0.6 is 12.4 Å². The predicted octanol–water partition coefficient (Wildman–Crippen LogP) is 4.88. The Bertz CT molecular complexity index is 1400. The number of carbonyl (C=O) groups is 1. The summed E-state index contributed by atoms with van der Waals surface area (Å²) in [5.41, 5.74) is 11.5. The number of anilines is 2. The molecule has 6 rings (SSSR count). The van der Waals surface area contributed by atoms with Gasteiger partial charge in [-0.25, -0.2) is 14.5 Å². The van der Waals surface area contributed by atoms with Gasteiger partial charge in [-0.15, -0.1) is 12.4 Å². The highest BCUT2D eigenvalue weighted by Crippen LogP contribution is 2.35. The maximum Gasteiger partial charge on any atom is 0.272 e. The molecule has 0 fully saturated rings. The predicted molar refractivity (Wildman–Crippen MR) is 137 cm³/mol. The van der Waals surface area contributed by atoms with E-state index in [0.717, 1.165) is 58.4 Å². The van der Waals surface area contributed by atoms with Gasteiger partial charge in [-0.3, -0.25) is 10.2 Å². The molecule has 7 nitrogen and oxygen atoms in total. The number of amides is 1. The minimum absolute atomic E-state index is 0. The summed E-state index contributed by atoms with van der Waals surface area (Å²) in [6, 6.07) is 14.2. The highest BCUT2D eigenvalue weighted by atomic mass is 35.5. The molecular weight excluding hydrogens is 448 g/mol. The van der Waals surface area contributed by atoms with Crippen LogP contribution in [0.1, 0.15) is 40.0 Å². The summed E-state index contributed by atoms with van der Waals surface area (Å²) in [5.74, 6) is 0.672. The van der Waals surface area contributed by atoms with Gasteiger partial charge in [0.15, 0.2) is 0 Å². The Morgan fingerprint density at radius 3 is 2.74 bits per heavy atom. The molecule has 0 saturated carbocycles. The Kier molecular flexibility index (Phi) is 5.65. The lowest BCUT2D eigenvalue weighted by atomic mass is 9.98. The second kappa shape index (κ2) is 8.65. The Balaban J connectivity index is 0.00000241. The third-order valence-electron chi connectivity index (χ3n) is 6.69. The van der Waals surface area contributed by atoms with E-state index in [4.69, 9.17) is 4.98 Å². The third kappa shape index (κ3) is 3.66. The van der Waals surface area contributed by atoms with Crippen molar-refractivity contribution in [3.8, 4) is 11.1 Å². The largest absolute Gasteiger partial charge is 0.373 e. The number of hydrazine groups is 1. The van der Waals surface area contributed by atoms with Crippen molar-refractivity contribution in [3.05, 3.63) is 77.2 Å². The molecule has 174 valence electrons. The van der Waals surface area contributed by atoms with Gasteiger partial charge < -0.3 is 4.90 Å². The fourth-order valence-corrected chi connectivity index (χ4v) is 4.96. The highest BCUT2D eigenvalue weighted by Gasteiger charge is 2.31. The maximum atomic E-state index is 13.2. The summed E-state index contributed by atoms with van der Waals surface area (Å²) in [7, 11) is 2.11. The number of carbonyl (C=O) groups excluding carboxylic acids is 1. The zero-order valence-corrected chi connectivity index (χ0v) is 20.1. The first kappa shape index (κ1) is 22.2. The lowest BCUT2D eigenvalue weighted by Gasteiger charge is -2.21. The molecule has 4 aromatic rings. The van der Waals surface area contributed by atoms with Crippen LogP contribution in [0.25, 0.3) is 16.6 Å². The third-order valence-corrected chi connectivity index (χ3v) is 6.69. The number of halogens is 1. The Hall–Kier alpha value is -3.58. The molecule has 1 N–H and O–H groups in total. The van der Waals surface area contributed by atoms with Crippen LogP contribution in [0.4, 0.5) is 11.5 Å². The molecule has 1 aromatic carbocycles. The van der Waals surface area contributed by atoms with Gasteiger partial charge in [0.2, 0.25) is 0 Å². The van der Waals surface area contributed by atoms with Gasteiger partial charge >= 0.3 is 0 Å². The molecule has 0 bridgehead atoms. The Labute approximate surface area is 204 Å². The minimum atomic E-state index is -0.0342. The molecule has 0 aliphatic carbocycles. The number of fused-ring (bicyclic) bond motifs is 3. The molecule has 0 spiro atoms. The van der Waals surface area contributed by atoms with E-state index in [1.807, 2.05) is 35.1 Å². The summed E-state index contributed by atoms with van der Waals surface area (Å²) in [6.45, 7) is 3.58. The molecule has 0 unspecified atom stereocenters. The van der Waals surface area contributed by atoms with Gasteiger partial charge in [-0.05, 0) is 67.1 Å². The standard InChI is InChI=1S/C26H26N6O.ClH/c1-17-9-10-23-20(14-27-31(23)15-17)18-6-5-7-19-21(18)16-32(26(19)33)29-25-12-11-24-22(28-25)8-3-4-13-30(24)2;/h5-7,9-12,14-15H,3-4,8,13,16H2,1-2H3,(H,28,29);1H. The van der Waals surface area contributed by atoms with Crippen LogP contribution in [0.3, 0.4) is 0 Å². The molecular formula is C26H27ClN6O. The number of hydrogen-bond acceptors (Lipinski definition) is 5. The molecule has 8 heteroatoms. The summed E-state index contributed by atoms with van der Waals surface area (Å²) in [6.07, 6.45) is 7.16. The first-order chi connectivity index (χ1) is 16.1. The van der Waals surface area contributed by atoms with Crippen molar-refractivity contribution in [3.63, 3.8) is 0 Å². The van der Waals surface area contributed by atoms with Crippen LogP contribution in [-0.4, -0.2) is 39.1 Å². The summed E-state index contributed by atoms with van der Waals surface area (Å²) in [5, 5.41) is 6.20. The normalized spacial score (nSPS) is 15.1. The van der Waals surface area contributed by atoms with Crippen LogP contribution in [0.15, 0.2) is 54.9 Å². The molecule has 2 aliphatic rings. The Morgan fingerprint density at radius 2 is 1.85 bits per heavy atom. The molecule has 2 aliphatic heterocycles. The number of benzene rings is 1. The zero-order valence-electron chi connectivity index (χ0n) is 19.3. The van der Waals surface area contributed by atoms with Gasteiger partial charge in [0.1, 0.15) is 5.82 Å². The van der Waals surface area contributed by atoms with Crippen LogP contribution in [0.2, 0.25) is 0 Å². The van der Waals surface area contributed by atoms with Crippen LogP contribution in [0.5, 0.6) is 0 Å².